The van der Waals surface area contributed by atoms with Crippen molar-refractivity contribution in [1.82, 2.24) is 15.2 Å². The molecule has 6 nitrogen and oxygen atoms in total. The van der Waals surface area contributed by atoms with Crippen molar-refractivity contribution < 1.29 is 21.9 Å². The molecule has 0 amide bonds. The lowest BCUT2D eigenvalue weighted by molar-refractivity contribution is 0.146. The number of rotatable bonds is 5. The molecule has 0 saturated heterocycles. The Labute approximate surface area is 155 Å². The Morgan fingerprint density at radius 2 is 1.93 bits per heavy atom. The molecule has 2 heterocycles. The maximum absolute atomic E-state index is 13.5. The number of hydrogen-bond donors (Lipinski definition) is 1. The fourth-order valence-electron chi connectivity index (χ4n) is 2.75. The van der Waals surface area contributed by atoms with Crippen LogP contribution in [0.25, 0.3) is 22.5 Å². The van der Waals surface area contributed by atoms with Crippen molar-refractivity contribution in [3.63, 3.8) is 0 Å². The topological polar surface area (TPSA) is 84.9 Å². The highest BCUT2D eigenvalue weighted by atomic mass is 32.2. The van der Waals surface area contributed by atoms with Crippen LogP contribution in [0.2, 0.25) is 0 Å². The first-order valence-corrected chi connectivity index (χ1v) is 9.79. The fourth-order valence-corrected chi connectivity index (χ4v) is 3.31. The number of aromatic amines is 1. The molecule has 0 spiro atoms. The molecule has 9 heteroatoms. The molecular formula is C18H17F2N3O3S. The van der Waals surface area contributed by atoms with Gasteiger partial charge in [0.05, 0.1) is 23.3 Å². The first-order valence-electron chi connectivity index (χ1n) is 7.90. The molecule has 0 radical (unpaired) electrons. The molecule has 0 aliphatic carbocycles. The quantitative estimate of drug-likeness (QED) is 0.713. The van der Waals surface area contributed by atoms with E-state index >= 15 is 0 Å². The van der Waals surface area contributed by atoms with Crippen molar-refractivity contribution in [1.29, 1.82) is 0 Å². The molecule has 142 valence electrons. The third kappa shape index (κ3) is 3.68. The Hall–Kier alpha value is -2.81. The van der Waals surface area contributed by atoms with Gasteiger partial charge in [0.2, 0.25) is 0 Å². The Morgan fingerprint density at radius 3 is 2.44 bits per heavy atom. The largest absolute Gasteiger partial charge is 0.496 e. The van der Waals surface area contributed by atoms with Crippen molar-refractivity contribution in [2.24, 2.45) is 0 Å². The lowest BCUT2D eigenvalue weighted by atomic mass is 10.0. The normalized spacial score (nSPS) is 11.8. The molecule has 1 aromatic carbocycles. The summed E-state index contributed by atoms with van der Waals surface area (Å²) in [6.07, 6.45) is -0.592. The van der Waals surface area contributed by atoms with Gasteiger partial charge in [0.25, 0.3) is 6.43 Å². The number of pyridine rings is 1. The van der Waals surface area contributed by atoms with Gasteiger partial charge in [-0.1, -0.05) is 0 Å². The van der Waals surface area contributed by atoms with Crippen LogP contribution in [-0.2, 0) is 9.84 Å². The summed E-state index contributed by atoms with van der Waals surface area (Å²) in [6, 6.07) is 7.95. The number of benzene rings is 1. The molecular weight excluding hydrogens is 376 g/mol. The lowest BCUT2D eigenvalue weighted by Crippen LogP contribution is -1.99. The summed E-state index contributed by atoms with van der Waals surface area (Å²) in [5.74, 6) is 0.667. The van der Waals surface area contributed by atoms with Gasteiger partial charge < -0.3 is 4.74 Å². The number of hydrogen-bond acceptors (Lipinski definition) is 5. The Bertz CT molecular complexity index is 1080. The average Bonchev–Trinajstić information content (AvgIpc) is 3.06. The van der Waals surface area contributed by atoms with Crippen molar-refractivity contribution >= 4 is 9.84 Å². The molecule has 0 bridgehead atoms. The summed E-state index contributed by atoms with van der Waals surface area (Å²) in [4.78, 5) is 4.09. The third-order valence-electron chi connectivity index (χ3n) is 4.10. The van der Waals surface area contributed by atoms with Crippen LogP contribution in [0.5, 0.6) is 5.75 Å². The highest BCUT2D eigenvalue weighted by molar-refractivity contribution is 7.90. The van der Waals surface area contributed by atoms with E-state index in [2.05, 4.69) is 15.2 Å². The number of nitrogens with one attached hydrogen (secondary N) is 1. The molecule has 27 heavy (non-hydrogen) atoms. The molecule has 0 unspecified atom stereocenters. The van der Waals surface area contributed by atoms with E-state index in [1.54, 1.807) is 25.3 Å². The number of alkyl halides is 2. The van der Waals surface area contributed by atoms with E-state index in [4.69, 9.17) is 4.74 Å². The first kappa shape index (κ1) is 19.0. The predicted octanol–water partition coefficient (Wildman–Crippen LogP) is 3.80. The van der Waals surface area contributed by atoms with Gasteiger partial charge >= 0.3 is 0 Å². The summed E-state index contributed by atoms with van der Waals surface area (Å²) >= 11 is 0. The second-order valence-corrected chi connectivity index (χ2v) is 8.01. The van der Waals surface area contributed by atoms with Crippen LogP contribution in [0.4, 0.5) is 8.78 Å². The third-order valence-corrected chi connectivity index (χ3v) is 5.20. The van der Waals surface area contributed by atoms with Crippen LogP contribution in [-0.4, -0.2) is 37.0 Å². The predicted molar refractivity (Wildman–Crippen MR) is 96.6 cm³/mol. The number of H-pyrrole nitrogens is 1. The van der Waals surface area contributed by atoms with E-state index in [9.17, 15) is 17.2 Å². The molecule has 3 aromatic rings. The van der Waals surface area contributed by atoms with Crippen LogP contribution in [0.1, 0.15) is 17.7 Å². The summed E-state index contributed by atoms with van der Waals surface area (Å²) in [5.41, 5.74) is 1.70. The maximum atomic E-state index is 13.5. The SMILES string of the molecule is COc1ccc(-c2n[nH]c(C(F)F)c2-c2ccc(S(C)(=O)=O)cn2)cc1C. The second-order valence-electron chi connectivity index (χ2n) is 6.00. The van der Waals surface area contributed by atoms with Crippen LogP contribution in [0, 0.1) is 6.92 Å². The van der Waals surface area contributed by atoms with E-state index in [0.717, 1.165) is 18.0 Å². The summed E-state index contributed by atoms with van der Waals surface area (Å²) in [7, 11) is -1.89. The van der Waals surface area contributed by atoms with E-state index in [-0.39, 0.29) is 21.8 Å². The van der Waals surface area contributed by atoms with E-state index in [1.807, 2.05) is 6.92 Å². The molecule has 0 aliphatic heterocycles. The summed E-state index contributed by atoms with van der Waals surface area (Å²) in [6.45, 7) is 1.84. The fraction of sp³-hybridized carbons (Fsp3) is 0.222. The van der Waals surface area contributed by atoms with Gasteiger partial charge in [-0.25, -0.2) is 17.2 Å². The standard InChI is InChI=1S/C18H17F2N3O3S/c1-10-8-11(4-7-14(10)26-2)16-15(17(18(19)20)23-22-16)13-6-5-12(9-21-13)27(3,24)25/h4-9,18H,1-3H3,(H,22,23). The highest BCUT2D eigenvalue weighted by Crippen LogP contribution is 2.37. The van der Waals surface area contributed by atoms with Gasteiger partial charge in [0.1, 0.15) is 17.1 Å². The van der Waals surface area contributed by atoms with Crippen LogP contribution < -0.4 is 4.74 Å². The van der Waals surface area contributed by atoms with Crippen LogP contribution in [0.3, 0.4) is 0 Å². The smallest absolute Gasteiger partial charge is 0.280 e. The zero-order valence-corrected chi connectivity index (χ0v) is 15.6. The number of methoxy groups -OCH3 is 1. The zero-order valence-electron chi connectivity index (χ0n) is 14.8. The first-order chi connectivity index (χ1) is 12.7. The minimum absolute atomic E-state index is 0.00943. The van der Waals surface area contributed by atoms with Crippen LogP contribution >= 0.6 is 0 Å². The van der Waals surface area contributed by atoms with E-state index in [1.165, 1.54) is 12.1 Å². The monoisotopic (exact) mass is 393 g/mol. The molecule has 0 aliphatic rings. The zero-order chi connectivity index (χ0) is 19.8. The van der Waals surface area contributed by atoms with Crippen molar-refractivity contribution in [3.05, 3.63) is 47.8 Å². The van der Waals surface area contributed by atoms with Gasteiger partial charge in [-0.05, 0) is 42.8 Å². The molecule has 1 N–H and O–H groups in total. The summed E-state index contributed by atoms with van der Waals surface area (Å²) < 4.78 is 55.4. The Morgan fingerprint density at radius 1 is 1.19 bits per heavy atom. The molecule has 0 atom stereocenters. The number of nitrogens with zero attached hydrogens (tertiary/aromatic N) is 2. The maximum Gasteiger partial charge on any atom is 0.280 e. The van der Waals surface area contributed by atoms with Crippen molar-refractivity contribution in [2.75, 3.05) is 13.4 Å². The highest BCUT2D eigenvalue weighted by Gasteiger charge is 2.24. The van der Waals surface area contributed by atoms with E-state index in [0.29, 0.717) is 17.0 Å². The average molecular weight is 393 g/mol. The Balaban J connectivity index is 2.17. The summed E-state index contributed by atoms with van der Waals surface area (Å²) in [5, 5.41) is 6.42. The molecule has 2 aromatic heterocycles. The number of aromatic nitrogens is 3. The van der Waals surface area contributed by atoms with Gasteiger partial charge in [0.15, 0.2) is 9.84 Å². The molecule has 0 fully saturated rings. The number of aryl methyl sites for hydroxylation is 1. The van der Waals surface area contributed by atoms with Gasteiger partial charge in [0, 0.05) is 18.0 Å². The van der Waals surface area contributed by atoms with Crippen LogP contribution in [0.15, 0.2) is 41.4 Å². The number of sulfone groups is 1. The molecule has 0 saturated carbocycles. The number of halogens is 2. The number of ether oxygens (including phenoxy) is 1. The Kier molecular flexibility index (Phi) is 4.97. The van der Waals surface area contributed by atoms with Crippen molar-refractivity contribution in [2.45, 2.75) is 18.2 Å². The molecule has 3 rings (SSSR count). The van der Waals surface area contributed by atoms with Gasteiger partial charge in [-0.3, -0.25) is 10.1 Å². The van der Waals surface area contributed by atoms with Gasteiger partial charge in [-0.15, -0.1) is 0 Å². The van der Waals surface area contributed by atoms with Crippen molar-refractivity contribution in [3.8, 4) is 28.3 Å². The minimum atomic E-state index is -3.44. The minimum Gasteiger partial charge on any atom is -0.496 e. The van der Waals surface area contributed by atoms with Gasteiger partial charge in [-0.2, -0.15) is 5.10 Å². The second kappa shape index (κ2) is 7.07. The van der Waals surface area contributed by atoms with E-state index < -0.39 is 16.3 Å². The lowest BCUT2D eigenvalue weighted by Gasteiger charge is -2.09.